The summed E-state index contributed by atoms with van der Waals surface area (Å²) in [5.74, 6) is -0.101. The molecule has 1 aliphatic rings. The van der Waals surface area contributed by atoms with Gasteiger partial charge in [-0.1, -0.05) is 23.2 Å². The molecule has 108 valence electrons. The summed E-state index contributed by atoms with van der Waals surface area (Å²) >= 11 is 11.6. The van der Waals surface area contributed by atoms with Crippen molar-refractivity contribution in [3.63, 3.8) is 0 Å². The van der Waals surface area contributed by atoms with Crippen LogP contribution < -0.4 is 0 Å². The molecule has 5 nitrogen and oxygen atoms in total. The number of pyridine rings is 1. The van der Waals surface area contributed by atoms with Crippen LogP contribution in [0.2, 0.25) is 10.3 Å². The summed E-state index contributed by atoms with van der Waals surface area (Å²) in [5, 5.41) is 0.391. The third-order valence-corrected chi connectivity index (χ3v) is 3.63. The predicted molar refractivity (Wildman–Crippen MR) is 77.0 cm³/mol. The molecular formula is C13H15Cl2N3O2. The molecule has 0 bridgehead atoms. The molecule has 1 fully saturated rings. The first-order chi connectivity index (χ1) is 9.47. The molecule has 20 heavy (non-hydrogen) atoms. The average Bonchev–Trinajstić information content (AvgIpc) is 2.62. The highest BCUT2D eigenvalue weighted by Crippen LogP contribution is 2.17. The maximum absolute atomic E-state index is 12.4. The number of amides is 2. The standard InChI is InChI=1S/C13H15Cl2N3O2/c1-9(19)17-3-2-4-18(6-5-17)13(20)10-7-11(14)16-12(15)8-10/h7-8H,2-6H2,1H3. The van der Waals surface area contributed by atoms with Gasteiger partial charge in [0.2, 0.25) is 5.91 Å². The van der Waals surface area contributed by atoms with Crippen LogP contribution in [0, 0.1) is 0 Å². The van der Waals surface area contributed by atoms with Crippen molar-refractivity contribution in [2.45, 2.75) is 13.3 Å². The fraction of sp³-hybridized carbons (Fsp3) is 0.462. The Hall–Kier alpha value is -1.33. The summed E-state index contributed by atoms with van der Waals surface area (Å²) in [6.45, 7) is 3.89. The van der Waals surface area contributed by atoms with Crippen LogP contribution in [0.4, 0.5) is 0 Å². The molecule has 1 aromatic rings. The first-order valence-electron chi connectivity index (χ1n) is 6.35. The Labute approximate surface area is 127 Å². The first-order valence-corrected chi connectivity index (χ1v) is 7.11. The lowest BCUT2D eigenvalue weighted by atomic mass is 10.2. The van der Waals surface area contributed by atoms with Gasteiger partial charge in [0.25, 0.3) is 5.91 Å². The van der Waals surface area contributed by atoms with E-state index < -0.39 is 0 Å². The molecule has 1 saturated heterocycles. The van der Waals surface area contributed by atoms with Crippen LogP contribution in [0.25, 0.3) is 0 Å². The van der Waals surface area contributed by atoms with Crippen molar-refractivity contribution in [3.8, 4) is 0 Å². The molecule has 0 spiro atoms. The van der Waals surface area contributed by atoms with Gasteiger partial charge in [0.1, 0.15) is 10.3 Å². The van der Waals surface area contributed by atoms with Gasteiger partial charge in [-0.05, 0) is 18.6 Å². The first kappa shape index (κ1) is 15.1. The van der Waals surface area contributed by atoms with Gasteiger partial charge in [-0.25, -0.2) is 4.98 Å². The van der Waals surface area contributed by atoms with Gasteiger partial charge >= 0.3 is 0 Å². The van der Waals surface area contributed by atoms with Crippen molar-refractivity contribution in [3.05, 3.63) is 28.0 Å². The van der Waals surface area contributed by atoms with E-state index in [0.717, 1.165) is 6.42 Å². The van der Waals surface area contributed by atoms with E-state index in [1.807, 2.05) is 0 Å². The molecule has 2 rings (SSSR count). The van der Waals surface area contributed by atoms with Crippen molar-refractivity contribution in [1.82, 2.24) is 14.8 Å². The van der Waals surface area contributed by atoms with Gasteiger partial charge in [0.05, 0.1) is 0 Å². The molecule has 0 aliphatic carbocycles. The second-order valence-corrected chi connectivity index (χ2v) is 5.43. The Morgan fingerprint density at radius 3 is 2.20 bits per heavy atom. The van der Waals surface area contributed by atoms with E-state index in [2.05, 4.69) is 4.98 Å². The normalized spacial score (nSPS) is 15.9. The molecular weight excluding hydrogens is 301 g/mol. The second-order valence-electron chi connectivity index (χ2n) is 4.65. The summed E-state index contributed by atoms with van der Waals surface area (Å²) < 4.78 is 0. The minimum Gasteiger partial charge on any atom is -0.341 e. The molecule has 0 unspecified atom stereocenters. The fourth-order valence-electron chi connectivity index (χ4n) is 2.21. The Morgan fingerprint density at radius 2 is 1.60 bits per heavy atom. The van der Waals surface area contributed by atoms with Gasteiger partial charge in [-0.3, -0.25) is 9.59 Å². The minimum absolute atomic E-state index is 0.0364. The van der Waals surface area contributed by atoms with Crippen LogP contribution in [0.1, 0.15) is 23.7 Å². The van der Waals surface area contributed by atoms with E-state index in [0.29, 0.717) is 31.7 Å². The predicted octanol–water partition coefficient (Wildman–Crippen LogP) is 2.08. The van der Waals surface area contributed by atoms with Crippen molar-refractivity contribution < 1.29 is 9.59 Å². The van der Waals surface area contributed by atoms with Crippen LogP contribution in [0.3, 0.4) is 0 Å². The van der Waals surface area contributed by atoms with Gasteiger partial charge < -0.3 is 9.80 Å². The number of carbonyl (C=O) groups excluding carboxylic acids is 2. The number of hydrogen-bond donors (Lipinski definition) is 0. The number of nitrogens with zero attached hydrogens (tertiary/aromatic N) is 3. The number of carbonyl (C=O) groups is 2. The van der Waals surface area contributed by atoms with Crippen LogP contribution in [0.5, 0.6) is 0 Å². The third kappa shape index (κ3) is 3.61. The maximum atomic E-state index is 12.4. The average molecular weight is 316 g/mol. The monoisotopic (exact) mass is 315 g/mol. The Bertz CT molecular complexity index is 516. The van der Waals surface area contributed by atoms with Gasteiger partial charge in [-0.15, -0.1) is 0 Å². The minimum atomic E-state index is -0.137. The lowest BCUT2D eigenvalue weighted by Gasteiger charge is -2.21. The Kier molecular flexibility index (Phi) is 4.83. The zero-order valence-corrected chi connectivity index (χ0v) is 12.6. The summed E-state index contributed by atoms with van der Waals surface area (Å²) in [6.07, 6.45) is 0.762. The van der Waals surface area contributed by atoms with Gasteiger partial charge in [0.15, 0.2) is 0 Å². The zero-order chi connectivity index (χ0) is 14.7. The highest BCUT2D eigenvalue weighted by molar-refractivity contribution is 6.33. The summed E-state index contributed by atoms with van der Waals surface area (Å²) in [4.78, 5) is 31.1. The second kappa shape index (κ2) is 6.41. The van der Waals surface area contributed by atoms with E-state index in [1.54, 1.807) is 16.7 Å². The zero-order valence-electron chi connectivity index (χ0n) is 11.1. The maximum Gasteiger partial charge on any atom is 0.254 e. The molecule has 7 heteroatoms. The summed E-state index contributed by atoms with van der Waals surface area (Å²) in [6, 6.07) is 3.01. The lowest BCUT2D eigenvalue weighted by molar-refractivity contribution is -0.128. The molecule has 1 aliphatic heterocycles. The van der Waals surface area contributed by atoms with Crippen molar-refractivity contribution in [1.29, 1.82) is 0 Å². The molecule has 0 atom stereocenters. The van der Waals surface area contributed by atoms with Crippen LogP contribution in [-0.4, -0.2) is 52.8 Å². The molecule has 0 N–H and O–H groups in total. The van der Waals surface area contributed by atoms with Crippen LogP contribution in [0.15, 0.2) is 12.1 Å². The SMILES string of the molecule is CC(=O)N1CCCN(C(=O)c2cc(Cl)nc(Cl)c2)CC1. The Morgan fingerprint density at radius 1 is 1.05 bits per heavy atom. The molecule has 2 heterocycles. The molecule has 0 radical (unpaired) electrons. The largest absolute Gasteiger partial charge is 0.341 e. The van der Waals surface area contributed by atoms with Crippen molar-refractivity contribution in [2.75, 3.05) is 26.2 Å². The number of rotatable bonds is 1. The fourth-order valence-corrected chi connectivity index (χ4v) is 2.67. The van der Waals surface area contributed by atoms with Gasteiger partial charge in [-0.2, -0.15) is 0 Å². The number of halogens is 2. The highest BCUT2D eigenvalue weighted by atomic mass is 35.5. The third-order valence-electron chi connectivity index (χ3n) is 3.24. The lowest BCUT2D eigenvalue weighted by Crippen LogP contribution is -2.36. The van der Waals surface area contributed by atoms with E-state index in [4.69, 9.17) is 23.2 Å². The summed E-state index contributed by atoms with van der Waals surface area (Å²) in [5.41, 5.74) is 0.422. The number of hydrogen-bond acceptors (Lipinski definition) is 3. The van der Waals surface area contributed by atoms with E-state index in [1.165, 1.54) is 12.1 Å². The van der Waals surface area contributed by atoms with E-state index >= 15 is 0 Å². The van der Waals surface area contributed by atoms with Crippen molar-refractivity contribution in [2.24, 2.45) is 0 Å². The molecule has 0 saturated carbocycles. The Balaban J connectivity index is 2.11. The molecule has 0 aromatic carbocycles. The smallest absolute Gasteiger partial charge is 0.254 e. The number of aromatic nitrogens is 1. The topological polar surface area (TPSA) is 53.5 Å². The molecule has 1 aromatic heterocycles. The van der Waals surface area contributed by atoms with Crippen LogP contribution in [-0.2, 0) is 4.79 Å². The quantitative estimate of drug-likeness (QED) is 0.746. The summed E-state index contributed by atoms with van der Waals surface area (Å²) in [7, 11) is 0. The van der Waals surface area contributed by atoms with Crippen molar-refractivity contribution >= 4 is 35.0 Å². The van der Waals surface area contributed by atoms with Crippen LogP contribution >= 0.6 is 23.2 Å². The highest BCUT2D eigenvalue weighted by Gasteiger charge is 2.21. The van der Waals surface area contributed by atoms with E-state index in [-0.39, 0.29) is 22.1 Å². The van der Waals surface area contributed by atoms with E-state index in [9.17, 15) is 9.59 Å². The molecule has 2 amide bonds. The van der Waals surface area contributed by atoms with Gasteiger partial charge in [0, 0.05) is 38.7 Å².